The molecule has 0 bridgehead atoms. The van der Waals surface area contributed by atoms with Gasteiger partial charge in [-0.3, -0.25) is 4.90 Å². The van der Waals surface area contributed by atoms with Crippen molar-refractivity contribution in [1.82, 2.24) is 14.5 Å². The van der Waals surface area contributed by atoms with Gasteiger partial charge in [0.15, 0.2) is 5.16 Å². The summed E-state index contributed by atoms with van der Waals surface area (Å²) < 4.78 is 38.8. The molecule has 2 heterocycles. The Morgan fingerprint density at radius 3 is 2.62 bits per heavy atom. The average Bonchev–Trinajstić information content (AvgIpc) is 3.03. The molecule has 4 rings (SSSR count). The number of imidazole rings is 1. The van der Waals surface area contributed by atoms with Crippen LogP contribution in [0.5, 0.6) is 11.5 Å². The number of hydrogen-bond donors (Lipinski definition) is 1. The van der Waals surface area contributed by atoms with Crippen LogP contribution in [0.15, 0.2) is 41.6 Å². The van der Waals surface area contributed by atoms with Gasteiger partial charge >= 0.3 is 0 Å². The first kappa shape index (κ1) is 19.9. The Bertz CT molecular complexity index is 1030. The molecule has 1 atom stereocenters. The normalized spacial score (nSPS) is 17.0. The van der Waals surface area contributed by atoms with Gasteiger partial charge in [0.2, 0.25) is 0 Å². The van der Waals surface area contributed by atoms with Gasteiger partial charge in [-0.25, -0.2) is 4.98 Å². The van der Waals surface area contributed by atoms with E-state index in [1.165, 1.54) is 0 Å². The maximum Gasteiger partial charge on any atom is 0.291 e. The van der Waals surface area contributed by atoms with Gasteiger partial charge in [0.05, 0.1) is 38.0 Å². The van der Waals surface area contributed by atoms with Gasteiger partial charge in [0.1, 0.15) is 11.5 Å². The molecule has 1 unspecified atom stereocenters. The number of aromatic nitrogens is 2. The summed E-state index contributed by atoms with van der Waals surface area (Å²) in [7, 11) is 3.14. The molecular formula is C20H21F2N3O3S. The van der Waals surface area contributed by atoms with E-state index in [9.17, 15) is 13.9 Å². The molecule has 0 fully saturated rings. The van der Waals surface area contributed by atoms with Crippen molar-refractivity contribution in [3.05, 3.63) is 47.5 Å². The number of ether oxygens (including phenoxy) is 2. The average molecular weight is 421 g/mol. The molecule has 9 heteroatoms. The van der Waals surface area contributed by atoms with Crippen molar-refractivity contribution in [2.45, 2.75) is 30.2 Å². The second-order valence-corrected chi connectivity index (χ2v) is 7.68. The number of nitrogens with zero attached hydrogens (tertiary/aromatic N) is 3. The van der Waals surface area contributed by atoms with Gasteiger partial charge in [-0.05, 0) is 36.0 Å². The molecular weight excluding hydrogens is 400 g/mol. The van der Waals surface area contributed by atoms with Crippen molar-refractivity contribution in [1.29, 1.82) is 0 Å². The lowest BCUT2D eigenvalue weighted by Crippen LogP contribution is -2.35. The molecule has 0 radical (unpaired) electrons. The number of rotatable bonds is 6. The number of alkyl halides is 2. The van der Waals surface area contributed by atoms with Crippen molar-refractivity contribution in [3.63, 3.8) is 0 Å². The van der Waals surface area contributed by atoms with E-state index in [1.54, 1.807) is 37.0 Å². The van der Waals surface area contributed by atoms with Gasteiger partial charge in [0, 0.05) is 24.2 Å². The van der Waals surface area contributed by atoms with Crippen molar-refractivity contribution in [2.75, 3.05) is 20.8 Å². The van der Waals surface area contributed by atoms with E-state index < -0.39 is 11.9 Å². The number of fused-ring (bicyclic) bond motifs is 2. The maximum atomic E-state index is 13.1. The quantitative estimate of drug-likeness (QED) is 0.610. The fourth-order valence-corrected chi connectivity index (χ4v) is 4.41. The Kier molecular flexibility index (Phi) is 5.62. The van der Waals surface area contributed by atoms with Crippen LogP contribution in [0.2, 0.25) is 0 Å². The molecule has 0 saturated heterocycles. The molecule has 1 aliphatic rings. The van der Waals surface area contributed by atoms with Gasteiger partial charge < -0.3 is 19.1 Å². The summed E-state index contributed by atoms with van der Waals surface area (Å²) in [6.45, 7) is 1.13. The summed E-state index contributed by atoms with van der Waals surface area (Å²) >= 11 is 0.424. The Balaban J connectivity index is 1.70. The highest BCUT2D eigenvalue weighted by Crippen LogP contribution is 2.40. The van der Waals surface area contributed by atoms with Crippen LogP contribution in [-0.2, 0) is 13.2 Å². The number of methoxy groups -OCH3 is 2. The molecule has 1 aromatic heterocycles. The molecule has 2 aromatic carbocycles. The first-order valence-corrected chi connectivity index (χ1v) is 9.94. The van der Waals surface area contributed by atoms with E-state index in [-0.39, 0.29) is 5.16 Å². The van der Waals surface area contributed by atoms with Gasteiger partial charge in [-0.15, -0.1) is 0 Å². The maximum absolute atomic E-state index is 13.1. The van der Waals surface area contributed by atoms with Crippen LogP contribution in [0.1, 0.15) is 17.2 Å². The van der Waals surface area contributed by atoms with Crippen molar-refractivity contribution in [2.24, 2.45) is 0 Å². The fraction of sp³-hybridized carbons (Fsp3) is 0.350. The lowest BCUT2D eigenvalue weighted by molar-refractivity contribution is 0.0693. The highest BCUT2D eigenvalue weighted by atomic mass is 32.2. The van der Waals surface area contributed by atoms with Crippen LogP contribution >= 0.6 is 11.8 Å². The molecule has 1 N–H and O–H groups in total. The van der Waals surface area contributed by atoms with Crippen molar-refractivity contribution in [3.8, 4) is 11.5 Å². The Labute approximate surface area is 171 Å². The summed E-state index contributed by atoms with van der Waals surface area (Å²) in [5.74, 6) is -1.31. The molecule has 0 spiro atoms. The lowest BCUT2D eigenvalue weighted by Gasteiger charge is -2.34. The Hall–Kier alpha value is -2.36. The zero-order valence-corrected chi connectivity index (χ0v) is 16.8. The number of aliphatic hydroxyl groups excluding tert-OH is 1. The van der Waals surface area contributed by atoms with Crippen LogP contribution in [0.25, 0.3) is 11.0 Å². The standard InChI is InChI=1S/C20H21F2N3O3S/c1-27-16-7-8-17(28-2)18-12(16)9-24(10-15(18)26)11-25-14-6-4-3-5-13(14)23-20(25)29-19(21)22/h3-8,15,19,26H,9-11H2,1-2H3. The minimum absolute atomic E-state index is 0.249. The van der Waals surface area contributed by atoms with E-state index >= 15 is 0 Å². The summed E-state index contributed by atoms with van der Waals surface area (Å²) in [4.78, 5) is 6.34. The molecule has 3 aromatic rings. The predicted octanol–water partition coefficient (Wildman–Crippen LogP) is 3.87. The minimum atomic E-state index is -2.57. The molecule has 29 heavy (non-hydrogen) atoms. The van der Waals surface area contributed by atoms with Crippen LogP contribution in [0.4, 0.5) is 8.78 Å². The smallest absolute Gasteiger partial charge is 0.291 e. The van der Waals surface area contributed by atoms with Crippen molar-refractivity contribution >= 4 is 22.8 Å². The van der Waals surface area contributed by atoms with Crippen LogP contribution in [0.3, 0.4) is 0 Å². The topological polar surface area (TPSA) is 59.8 Å². The van der Waals surface area contributed by atoms with Crippen LogP contribution in [0, 0.1) is 0 Å². The summed E-state index contributed by atoms with van der Waals surface area (Å²) in [6, 6.07) is 10.9. The molecule has 154 valence electrons. The second kappa shape index (κ2) is 8.17. The zero-order valence-electron chi connectivity index (χ0n) is 16.0. The second-order valence-electron chi connectivity index (χ2n) is 6.72. The minimum Gasteiger partial charge on any atom is -0.496 e. The monoisotopic (exact) mass is 421 g/mol. The summed E-state index contributed by atoms with van der Waals surface area (Å²) in [6.07, 6.45) is -0.787. The largest absolute Gasteiger partial charge is 0.496 e. The number of benzene rings is 2. The Morgan fingerprint density at radius 2 is 1.90 bits per heavy atom. The number of β-amino-alcohol motifs (C(OH)–C–C–N with tert-alkyl or cyclic N) is 1. The predicted molar refractivity (Wildman–Crippen MR) is 107 cm³/mol. The number of thioether (sulfide) groups is 1. The number of para-hydroxylation sites is 2. The van der Waals surface area contributed by atoms with Gasteiger partial charge in [-0.1, -0.05) is 12.1 Å². The van der Waals surface area contributed by atoms with Crippen LogP contribution in [-0.4, -0.2) is 46.1 Å². The van der Waals surface area contributed by atoms with E-state index in [1.807, 2.05) is 23.1 Å². The van der Waals surface area contributed by atoms with E-state index in [4.69, 9.17) is 9.47 Å². The molecule has 6 nitrogen and oxygen atoms in total. The third kappa shape index (κ3) is 3.77. The van der Waals surface area contributed by atoms with Crippen LogP contribution < -0.4 is 9.47 Å². The van der Waals surface area contributed by atoms with Gasteiger partial charge in [0.25, 0.3) is 5.76 Å². The highest BCUT2D eigenvalue weighted by molar-refractivity contribution is 7.99. The third-order valence-corrected chi connectivity index (χ3v) is 5.72. The third-order valence-electron chi connectivity index (χ3n) is 5.02. The first-order valence-electron chi connectivity index (χ1n) is 9.06. The zero-order chi connectivity index (χ0) is 20.5. The van der Waals surface area contributed by atoms with Gasteiger partial charge in [-0.2, -0.15) is 8.78 Å². The van der Waals surface area contributed by atoms with Crippen molar-refractivity contribution < 1.29 is 23.4 Å². The molecule has 0 aliphatic carbocycles. The highest BCUT2D eigenvalue weighted by Gasteiger charge is 2.30. The lowest BCUT2D eigenvalue weighted by atomic mass is 9.95. The molecule has 1 aliphatic heterocycles. The summed E-state index contributed by atoms with van der Waals surface area (Å²) in [5, 5.41) is 11.0. The number of halogens is 2. The van der Waals surface area contributed by atoms with E-state index in [0.29, 0.717) is 54.1 Å². The first-order chi connectivity index (χ1) is 14.0. The number of hydrogen-bond acceptors (Lipinski definition) is 6. The van der Waals surface area contributed by atoms with E-state index in [0.717, 1.165) is 11.1 Å². The SMILES string of the molecule is COc1ccc(OC)c2c1CN(Cn1c(SC(F)F)nc3ccccc31)CC2O. The number of aliphatic hydroxyl groups is 1. The molecule has 0 amide bonds. The summed E-state index contributed by atoms with van der Waals surface area (Å²) in [5.41, 5.74) is 2.97. The fourth-order valence-electron chi connectivity index (χ4n) is 3.81. The van der Waals surface area contributed by atoms with E-state index in [2.05, 4.69) is 4.98 Å². The Morgan fingerprint density at radius 1 is 1.17 bits per heavy atom. The molecule has 0 saturated carbocycles.